The van der Waals surface area contributed by atoms with Crippen LogP contribution in [0.1, 0.15) is 27.1 Å². The molecule has 0 spiro atoms. The van der Waals surface area contributed by atoms with Gasteiger partial charge in [-0.2, -0.15) is 5.26 Å². The molecule has 110 valence electrons. The van der Waals surface area contributed by atoms with Crippen LogP contribution in [0.4, 0.5) is 11.4 Å². The van der Waals surface area contributed by atoms with Crippen LogP contribution < -0.4 is 5.32 Å². The largest absolute Gasteiger partial charge is 0.355 e. The molecule has 3 aromatic rings. The minimum atomic E-state index is 0.679. The Morgan fingerprint density at radius 2 is 1.68 bits per heavy atom. The van der Waals surface area contributed by atoms with Gasteiger partial charge in [0, 0.05) is 21.0 Å². The number of benzene rings is 2. The Morgan fingerprint density at radius 3 is 2.32 bits per heavy atom. The van der Waals surface area contributed by atoms with Gasteiger partial charge in [0.2, 0.25) is 0 Å². The molecule has 1 N–H and O–H groups in total. The first-order valence-electron chi connectivity index (χ1n) is 7.28. The first-order chi connectivity index (χ1) is 10.5. The lowest BCUT2D eigenvalue weighted by atomic mass is 10.0. The normalized spacial score (nSPS) is 10.7. The van der Waals surface area contributed by atoms with Crippen LogP contribution in [0.3, 0.4) is 0 Å². The van der Waals surface area contributed by atoms with Gasteiger partial charge >= 0.3 is 0 Å². The minimum Gasteiger partial charge on any atom is -0.355 e. The lowest BCUT2D eigenvalue weighted by Gasteiger charge is -2.13. The smallest absolute Gasteiger partial charge is 0.0991 e. The molecule has 3 heteroatoms. The van der Waals surface area contributed by atoms with Crippen molar-refractivity contribution in [3.63, 3.8) is 0 Å². The van der Waals surface area contributed by atoms with Crippen molar-refractivity contribution in [1.29, 1.82) is 5.26 Å². The van der Waals surface area contributed by atoms with Crippen LogP contribution >= 0.6 is 11.3 Å². The molecule has 1 aromatic heterocycles. The number of nitrogens with one attached hydrogen (secondary N) is 1. The van der Waals surface area contributed by atoms with Gasteiger partial charge in [0.05, 0.1) is 11.6 Å². The Bertz CT molecular complexity index is 896. The van der Waals surface area contributed by atoms with E-state index in [1.165, 1.54) is 31.7 Å². The van der Waals surface area contributed by atoms with E-state index in [-0.39, 0.29) is 0 Å². The summed E-state index contributed by atoms with van der Waals surface area (Å²) in [5, 5.41) is 13.8. The molecule has 0 atom stereocenters. The van der Waals surface area contributed by atoms with E-state index in [4.69, 9.17) is 5.26 Å². The van der Waals surface area contributed by atoms with Crippen molar-refractivity contribution in [2.75, 3.05) is 5.32 Å². The molecule has 0 amide bonds. The number of nitrogens with zero attached hydrogens (tertiary/aromatic N) is 1. The van der Waals surface area contributed by atoms with Crippen molar-refractivity contribution in [2.45, 2.75) is 27.7 Å². The highest BCUT2D eigenvalue weighted by molar-refractivity contribution is 7.19. The van der Waals surface area contributed by atoms with Gasteiger partial charge < -0.3 is 5.32 Å². The van der Waals surface area contributed by atoms with Gasteiger partial charge in [0.1, 0.15) is 0 Å². The number of fused-ring (bicyclic) bond motifs is 1. The van der Waals surface area contributed by atoms with Crippen molar-refractivity contribution in [1.82, 2.24) is 0 Å². The second-order valence-electron chi connectivity index (χ2n) is 5.67. The van der Waals surface area contributed by atoms with E-state index in [2.05, 4.69) is 45.1 Å². The van der Waals surface area contributed by atoms with Gasteiger partial charge in [0.15, 0.2) is 0 Å². The van der Waals surface area contributed by atoms with Crippen molar-refractivity contribution < 1.29 is 0 Å². The standard InChI is InChI=1S/C19H18N2S/c1-11-9-17(21-16-7-5-15(10-20)6-8-16)13(3)19-18(11)12(2)14(4)22-19/h5-9,21H,1-4H3. The number of hydrogen-bond acceptors (Lipinski definition) is 3. The van der Waals surface area contributed by atoms with Crippen LogP contribution in [0.15, 0.2) is 30.3 Å². The van der Waals surface area contributed by atoms with E-state index in [1.807, 2.05) is 35.6 Å². The van der Waals surface area contributed by atoms with Gasteiger partial charge in [-0.3, -0.25) is 0 Å². The molecular weight excluding hydrogens is 288 g/mol. The van der Waals surface area contributed by atoms with Gasteiger partial charge in [0.25, 0.3) is 0 Å². The number of aryl methyl sites for hydroxylation is 4. The fraction of sp³-hybridized carbons (Fsp3) is 0.211. The van der Waals surface area contributed by atoms with Crippen molar-refractivity contribution in [3.05, 3.63) is 57.5 Å². The molecule has 0 fully saturated rings. The van der Waals surface area contributed by atoms with E-state index < -0.39 is 0 Å². The maximum absolute atomic E-state index is 8.88. The van der Waals surface area contributed by atoms with E-state index in [9.17, 15) is 0 Å². The zero-order valence-corrected chi connectivity index (χ0v) is 14.1. The first-order valence-corrected chi connectivity index (χ1v) is 8.10. The maximum Gasteiger partial charge on any atom is 0.0991 e. The number of anilines is 2. The van der Waals surface area contributed by atoms with Crippen molar-refractivity contribution >= 4 is 32.8 Å². The van der Waals surface area contributed by atoms with E-state index in [1.54, 1.807) is 0 Å². The average Bonchev–Trinajstić information content (AvgIpc) is 2.82. The molecule has 0 aliphatic heterocycles. The summed E-state index contributed by atoms with van der Waals surface area (Å²) < 4.78 is 1.37. The minimum absolute atomic E-state index is 0.679. The Hall–Kier alpha value is -2.31. The molecule has 0 bridgehead atoms. The Morgan fingerprint density at radius 1 is 1.00 bits per heavy atom. The molecular formula is C19H18N2S. The molecule has 0 saturated carbocycles. The summed E-state index contributed by atoms with van der Waals surface area (Å²) in [6.07, 6.45) is 0. The summed E-state index contributed by atoms with van der Waals surface area (Å²) in [6.45, 7) is 8.73. The van der Waals surface area contributed by atoms with Crippen LogP contribution in [0, 0.1) is 39.0 Å². The molecule has 0 unspecified atom stereocenters. The van der Waals surface area contributed by atoms with Crippen molar-refractivity contribution in [3.8, 4) is 6.07 Å². The predicted molar refractivity (Wildman–Crippen MR) is 95.2 cm³/mol. The molecule has 0 aliphatic carbocycles. The quantitative estimate of drug-likeness (QED) is 0.654. The summed E-state index contributed by atoms with van der Waals surface area (Å²) in [5.74, 6) is 0. The Kier molecular flexibility index (Phi) is 3.64. The molecule has 2 nitrogen and oxygen atoms in total. The van der Waals surface area contributed by atoms with Gasteiger partial charge in [-0.05, 0) is 80.1 Å². The molecule has 0 aliphatic rings. The zero-order valence-electron chi connectivity index (χ0n) is 13.2. The highest BCUT2D eigenvalue weighted by atomic mass is 32.1. The summed E-state index contributed by atoms with van der Waals surface area (Å²) in [7, 11) is 0. The number of rotatable bonds is 2. The Balaban J connectivity index is 2.07. The second-order valence-corrected chi connectivity index (χ2v) is 6.89. The molecule has 0 saturated heterocycles. The molecule has 0 radical (unpaired) electrons. The zero-order chi connectivity index (χ0) is 15.9. The highest BCUT2D eigenvalue weighted by Crippen LogP contribution is 2.38. The van der Waals surface area contributed by atoms with Crippen LogP contribution in [0.25, 0.3) is 10.1 Å². The lowest BCUT2D eigenvalue weighted by molar-refractivity contribution is 1.41. The summed E-state index contributed by atoms with van der Waals surface area (Å²) in [6, 6.07) is 11.9. The second kappa shape index (κ2) is 5.47. The van der Waals surface area contributed by atoms with Crippen molar-refractivity contribution in [2.24, 2.45) is 0 Å². The third kappa shape index (κ3) is 2.36. The molecule has 22 heavy (non-hydrogen) atoms. The highest BCUT2D eigenvalue weighted by Gasteiger charge is 2.13. The van der Waals surface area contributed by atoms with E-state index in [0.717, 1.165) is 11.4 Å². The third-order valence-electron chi connectivity index (χ3n) is 4.18. The lowest BCUT2D eigenvalue weighted by Crippen LogP contribution is -1.95. The topological polar surface area (TPSA) is 35.8 Å². The number of thiophene rings is 1. The molecule has 2 aromatic carbocycles. The van der Waals surface area contributed by atoms with Gasteiger partial charge in [-0.15, -0.1) is 11.3 Å². The fourth-order valence-electron chi connectivity index (χ4n) is 2.80. The van der Waals surface area contributed by atoms with Crippen LogP contribution in [-0.2, 0) is 0 Å². The number of hydrogen-bond donors (Lipinski definition) is 1. The maximum atomic E-state index is 8.88. The van der Waals surface area contributed by atoms with Crippen LogP contribution in [0.5, 0.6) is 0 Å². The molecule has 3 rings (SSSR count). The first kappa shape index (κ1) is 14.6. The van der Waals surface area contributed by atoms with Crippen LogP contribution in [-0.4, -0.2) is 0 Å². The summed E-state index contributed by atoms with van der Waals surface area (Å²) in [5.41, 5.74) is 6.80. The molecule has 1 heterocycles. The van der Waals surface area contributed by atoms with E-state index >= 15 is 0 Å². The predicted octanol–water partition coefficient (Wildman–Crippen LogP) is 5.75. The van der Waals surface area contributed by atoms with Gasteiger partial charge in [-0.1, -0.05) is 0 Å². The van der Waals surface area contributed by atoms with Gasteiger partial charge in [-0.25, -0.2) is 0 Å². The van der Waals surface area contributed by atoms with E-state index in [0.29, 0.717) is 5.56 Å². The average molecular weight is 306 g/mol. The summed E-state index contributed by atoms with van der Waals surface area (Å²) in [4.78, 5) is 1.39. The fourth-order valence-corrected chi connectivity index (χ4v) is 4.04. The monoisotopic (exact) mass is 306 g/mol. The summed E-state index contributed by atoms with van der Waals surface area (Å²) >= 11 is 1.87. The third-order valence-corrected chi connectivity index (χ3v) is 5.50. The van der Waals surface area contributed by atoms with Crippen LogP contribution in [0.2, 0.25) is 0 Å². The number of nitriles is 1. The SMILES string of the molecule is Cc1sc2c(C)c(Nc3ccc(C#N)cc3)cc(C)c2c1C. The Labute approximate surface area is 135 Å².